The normalized spacial score (nSPS) is 18.5. The van der Waals surface area contributed by atoms with E-state index < -0.39 is 0 Å². The van der Waals surface area contributed by atoms with Gasteiger partial charge in [-0.15, -0.1) is 0 Å². The number of likely N-dealkylation sites (N-methyl/N-ethyl adjacent to an activating group) is 1. The molecule has 0 bridgehead atoms. The lowest BCUT2D eigenvalue weighted by molar-refractivity contribution is 0.0658. The van der Waals surface area contributed by atoms with Gasteiger partial charge in [0.05, 0.1) is 10.5 Å². The van der Waals surface area contributed by atoms with E-state index in [9.17, 15) is 14.9 Å². The van der Waals surface area contributed by atoms with Crippen molar-refractivity contribution in [1.29, 1.82) is 5.26 Å². The molecule has 3 aliphatic rings. The van der Waals surface area contributed by atoms with E-state index in [1.165, 1.54) is 37.7 Å². The van der Waals surface area contributed by atoms with Gasteiger partial charge < -0.3 is 14.5 Å². The average Bonchev–Trinajstić information content (AvgIpc) is 3.14. The van der Waals surface area contributed by atoms with Gasteiger partial charge in [-0.2, -0.15) is 10.2 Å². The first-order valence-electron chi connectivity index (χ1n) is 17.1. The van der Waals surface area contributed by atoms with Crippen LogP contribution in [0.3, 0.4) is 0 Å². The molecule has 0 saturated carbocycles. The number of nitrogens with zero attached hydrogens (tertiary/aromatic N) is 8. The van der Waals surface area contributed by atoms with Gasteiger partial charge in [-0.3, -0.25) is 25.0 Å². The molecule has 4 heterocycles. The molecule has 0 atom stereocenters. The maximum atomic E-state index is 13.7. The Balaban J connectivity index is 1.06. The maximum absolute atomic E-state index is 13.7. The summed E-state index contributed by atoms with van der Waals surface area (Å²) in [4.78, 5) is 44.2. The number of hydrogen-bond acceptors (Lipinski definition) is 10. The fourth-order valence-corrected chi connectivity index (χ4v) is 7.22. The van der Waals surface area contributed by atoms with Crippen LogP contribution in [0.15, 0.2) is 65.3 Å². The Hall–Kier alpha value is -4.09. The van der Waals surface area contributed by atoms with Gasteiger partial charge in [-0.05, 0) is 85.0 Å². The summed E-state index contributed by atoms with van der Waals surface area (Å²) in [5.41, 5.74) is 5.68. The van der Waals surface area contributed by atoms with Crippen molar-refractivity contribution in [2.45, 2.75) is 50.9 Å². The van der Waals surface area contributed by atoms with Crippen molar-refractivity contribution in [3.63, 3.8) is 0 Å². The number of piperidine rings is 2. The van der Waals surface area contributed by atoms with Gasteiger partial charge in [0, 0.05) is 63.6 Å². The van der Waals surface area contributed by atoms with Crippen molar-refractivity contribution in [3.8, 4) is 6.07 Å². The van der Waals surface area contributed by atoms with Crippen molar-refractivity contribution < 1.29 is 14.3 Å². The Morgan fingerprint density at radius 2 is 1.63 bits per heavy atom. The van der Waals surface area contributed by atoms with Gasteiger partial charge in [-0.25, -0.2) is 9.78 Å². The molecule has 0 radical (unpaired) electrons. The molecule has 3 aromatic rings. The lowest BCUT2D eigenvalue weighted by Gasteiger charge is -2.42. The van der Waals surface area contributed by atoms with Crippen molar-refractivity contribution in [2.24, 2.45) is 0 Å². The molecule has 13 heteroatoms. The molecule has 3 saturated heterocycles. The van der Waals surface area contributed by atoms with E-state index >= 15 is 0 Å². The smallest absolute Gasteiger partial charge is 0.410 e. The fourth-order valence-electron chi connectivity index (χ4n) is 6.84. The van der Waals surface area contributed by atoms with Crippen LogP contribution in [0.2, 0.25) is 0 Å². The highest BCUT2D eigenvalue weighted by Gasteiger charge is 2.32. The predicted molar refractivity (Wildman–Crippen MR) is 189 cm³/mol. The Kier molecular flexibility index (Phi) is 11.7. The third-order valence-corrected chi connectivity index (χ3v) is 10.4. The molecule has 2 amide bonds. The monoisotopic (exact) mass is 729 g/mol. The molecule has 3 fully saturated rings. The number of benzene rings is 2. The second-order valence-electron chi connectivity index (χ2n) is 13.1. The third kappa shape index (κ3) is 9.13. The summed E-state index contributed by atoms with van der Waals surface area (Å²) >= 11 is 3.51. The molecule has 0 spiro atoms. The number of rotatable bonds is 9. The number of halogens is 1. The molecule has 2 aromatic carbocycles. The highest BCUT2D eigenvalue weighted by Crippen LogP contribution is 2.28. The molecular weight excluding hydrogens is 686 g/mol. The van der Waals surface area contributed by atoms with Crippen molar-refractivity contribution >= 4 is 33.7 Å². The zero-order valence-electron chi connectivity index (χ0n) is 28.0. The number of piperazine rings is 1. The summed E-state index contributed by atoms with van der Waals surface area (Å²) in [6, 6.07) is 19.8. The van der Waals surface area contributed by atoms with Crippen LogP contribution < -0.4 is 10.4 Å². The van der Waals surface area contributed by atoms with Crippen LogP contribution in [-0.4, -0.2) is 113 Å². The molecule has 3 aliphatic heterocycles. The number of anilines is 1. The Morgan fingerprint density at radius 3 is 2.31 bits per heavy atom. The molecule has 0 unspecified atom stereocenters. The molecule has 6 rings (SSSR count). The van der Waals surface area contributed by atoms with Crippen molar-refractivity contribution in [2.75, 3.05) is 64.4 Å². The quantitative estimate of drug-likeness (QED) is 0.320. The molecule has 12 nitrogen and oxygen atoms in total. The first-order valence-corrected chi connectivity index (χ1v) is 17.9. The lowest BCUT2D eigenvalue weighted by atomic mass is 10.0. The molecule has 258 valence electrons. The molecule has 0 aliphatic carbocycles. The Morgan fingerprint density at radius 1 is 0.939 bits per heavy atom. The summed E-state index contributed by atoms with van der Waals surface area (Å²) in [6.07, 6.45) is 4.65. The third-order valence-electron chi connectivity index (χ3n) is 9.80. The largest absolute Gasteiger partial charge is 0.445 e. The SMILES string of the molecule is CN1CCN(C2CCN(Cc3ccc(C(=O)NN(c4nc(C#N)ncc4Br)C4CCN(C(=O)OCc5ccccc5)CC4)cc3)CC2)CC1. The minimum atomic E-state index is -0.368. The van der Waals surface area contributed by atoms with Crippen molar-refractivity contribution in [3.05, 3.63) is 87.8 Å². The summed E-state index contributed by atoms with van der Waals surface area (Å²) in [6.45, 7) is 8.76. The number of aromatic nitrogens is 2. The van der Waals surface area contributed by atoms with Gasteiger partial charge in [0.15, 0.2) is 5.82 Å². The van der Waals surface area contributed by atoms with Gasteiger partial charge in [-0.1, -0.05) is 42.5 Å². The van der Waals surface area contributed by atoms with Gasteiger partial charge in [0.25, 0.3) is 5.91 Å². The van der Waals surface area contributed by atoms with Crippen LogP contribution in [0.1, 0.15) is 53.0 Å². The first-order chi connectivity index (χ1) is 23.9. The zero-order valence-corrected chi connectivity index (χ0v) is 29.6. The Bertz CT molecular complexity index is 1600. The Labute approximate surface area is 296 Å². The van der Waals surface area contributed by atoms with Crippen LogP contribution in [0.25, 0.3) is 0 Å². The van der Waals surface area contributed by atoms with Gasteiger partial charge >= 0.3 is 6.09 Å². The van der Waals surface area contributed by atoms with E-state index in [-0.39, 0.29) is 30.5 Å². The summed E-state index contributed by atoms with van der Waals surface area (Å²) in [5.74, 6) is 0.103. The number of amides is 2. The minimum Gasteiger partial charge on any atom is -0.445 e. The number of hydrogen-bond donors (Lipinski definition) is 1. The van der Waals surface area contributed by atoms with E-state index in [4.69, 9.17) is 4.74 Å². The van der Waals surface area contributed by atoms with E-state index in [0.717, 1.165) is 38.3 Å². The fraction of sp³-hybridized carbons (Fsp3) is 0.472. The van der Waals surface area contributed by atoms with E-state index in [0.29, 0.717) is 47.8 Å². The molecule has 1 N–H and O–H groups in total. The summed E-state index contributed by atoms with van der Waals surface area (Å²) < 4.78 is 6.09. The number of ether oxygens (including phenoxy) is 1. The van der Waals surface area contributed by atoms with E-state index in [1.54, 1.807) is 9.91 Å². The number of nitriles is 1. The molecule has 1 aromatic heterocycles. The van der Waals surface area contributed by atoms with E-state index in [2.05, 4.69) is 53.1 Å². The highest BCUT2D eigenvalue weighted by atomic mass is 79.9. The number of carbonyl (C=O) groups is 2. The van der Waals surface area contributed by atoms with E-state index in [1.807, 2.05) is 60.7 Å². The van der Waals surface area contributed by atoms with Crippen LogP contribution >= 0.6 is 15.9 Å². The van der Waals surface area contributed by atoms with Gasteiger partial charge in [0.1, 0.15) is 12.7 Å². The lowest BCUT2D eigenvalue weighted by Crippen LogP contribution is -2.54. The first kappa shape index (κ1) is 34.8. The van der Waals surface area contributed by atoms with Crippen LogP contribution in [0.5, 0.6) is 0 Å². The zero-order chi connectivity index (χ0) is 34.2. The minimum absolute atomic E-state index is 0.00343. The highest BCUT2D eigenvalue weighted by molar-refractivity contribution is 9.10. The molecular formula is C36H44BrN9O3. The maximum Gasteiger partial charge on any atom is 0.410 e. The van der Waals surface area contributed by atoms with Crippen LogP contribution in [-0.2, 0) is 17.9 Å². The topological polar surface area (TPSA) is 121 Å². The second kappa shape index (κ2) is 16.5. The predicted octanol–water partition coefficient (Wildman–Crippen LogP) is 4.28. The second-order valence-corrected chi connectivity index (χ2v) is 13.9. The summed E-state index contributed by atoms with van der Waals surface area (Å²) in [5, 5.41) is 11.2. The average molecular weight is 731 g/mol. The number of likely N-dealkylation sites (tertiary alicyclic amines) is 2. The van der Waals surface area contributed by atoms with Crippen molar-refractivity contribution in [1.82, 2.24) is 35.0 Å². The number of hydrazine groups is 1. The number of nitrogens with one attached hydrogen (secondary N) is 1. The molecule has 49 heavy (non-hydrogen) atoms. The number of carbonyl (C=O) groups excluding carboxylic acids is 2. The standard InChI is InChI=1S/C36H44BrN9O3/c1-42-19-21-44(22-20-42)30-11-15-43(16-12-30)25-27-7-9-29(10-8-27)35(47)41-46(34-32(37)24-39-33(23-38)40-34)31-13-17-45(18-14-31)36(48)49-26-28-5-3-2-4-6-28/h2-10,24,30-31H,11-22,25-26H2,1H3,(H,41,47). The van der Waals surface area contributed by atoms with Crippen LogP contribution in [0.4, 0.5) is 10.6 Å². The summed E-state index contributed by atoms with van der Waals surface area (Å²) in [7, 11) is 2.20. The van der Waals surface area contributed by atoms with Gasteiger partial charge in [0.2, 0.25) is 5.82 Å². The van der Waals surface area contributed by atoms with Crippen LogP contribution in [0, 0.1) is 11.3 Å².